The van der Waals surface area contributed by atoms with E-state index in [9.17, 15) is 13.2 Å². The number of rotatable bonds is 8. The molecule has 146 valence electrons. The highest BCUT2D eigenvalue weighted by Crippen LogP contribution is 2.24. The molecule has 0 saturated heterocycles. The second kappa shape index (κ2) is 9.04. The van der Waals surface area contributed by atoms with E-state index in [1.807, 2.05) is 63.2 Å². The summed E-state index contributed by atoms with van der Waals surface area (Å²) < 4.78 is 25.9. The molecule has 0 aliphatic carbocycles. The minimum Gasteiger partial charge on any atom is -0.352 e. The third-order valence-electron chi connectivity index (χ3n) is 4.37. The molecule has 0 aromatic heterocycles. The molecule has 0 spiro atoms. The van der Waals surface area contributed by atoms with Crippen molar-refractivity contribution < 1.29 is 13.2 Å². The van der Waals surface area contributed by atoms with Gasteiger partial charge in [0.2, 0.25) is 15.9 Å². The number of carbonyl (C=O) groups is 1. The summed E-state index contributed by atoms with van der Waals surface area (Å²) in [6, 6.07) is 13.7. The molecule has 0 heterocycles. The maximum atomic E-state index is 12.2. The summed E-state index contributed by atoms with van der Waals surface area (Å²) in [5, 5.41) is 2.89. The van der Waals surface area contributed by atoms with Gasteiger partial charge in [-0.25, -0.2) is 8.42 Å². The van der Waals surface area contributed by atoms with Gasteiger partial charge in [0.15, 0.2) is 0 Å². The highest BCUT2D eigenvalue weighted by atomic mass is 32.2. The second-order valence-corrected chi connectivity index (χ2v) is 8.90. The molecule has 1 amide bonds. The zero-order chi connectivity index (χ0) is 20.0. The average molecular weight is 389 g/mol. The zero-order valence-corrected chi connectivity index (χ0v) is 17.3. The number of aryl methyl sites for hydroxylation is 3. The smallest absolute Gasteiger partial charge is 0.232 e. The van der Waals surface area contributed by atoms with Crippen molar-refractivity contribution in [2.75, 3.05) is 17.1 Å². The summed E-state index contributed by atoms with van der Waals surface area (Å²) in [5.74, 6) is -0.0779. The molecule has 0 atom stereocenters. The first kappa shape index (κ1) is 21.0. The highest BCUT2D eigenvalue weighted by molar-refractivity contribution is 7.92. The Kier molecular flexibility index (Phi) is 7.02. The first-order valence-electron chi connectivity index (χ1n) is 9.04. The molecule has 5 nitrogen and oxygen atoms in total. The molecular weight excluding hydrogens is 360 g/mol. The van der Waals surface area contributed by atoms with E-state index in [4.69, 9.17) is 0 Å². The molecule has 2 rings (SSSR count). The van der Waals surface area contributed by atoms with Gasteiger partial charge in [-0.2, -0.15) is 0 Å². The van der Waals surface area contributed by atoms with Crippen molar-refractivity contribution in [1.29, 1.82) is 0 Å². The van der Waals surface area contributed by atoms with E-state index in [2.05, 4.69) is 5.32 Å². The molecule has 2 aromatic rings. The van der Waals surface area contributed by atoms with Crippen molar-refractivity contribution in [3.05, 3.63) is 64.7 Å². The molecule has 0 saturated carbocycles. The van der Waals surface area contributed by atoms with Crippen LogP contribution in [0.4, 0.5) is 5.69 Å². The Hall–Kier alpha value is -2.34. The van der Waals surface area contributed by atoms with Crippen LogP contribution in [0, 0.1) is 20.8 Å². The van der Waals surface area contributed by atoms with Crippen LogP contribution in [0.2, 0.25) is 0 Å². The highest BCUT2D eigenvalue weighted by Gasteiger charge is 2.19. The van der Waals surface area contributed by atoms with Crippen LogP contribution >= 0.6 is 0 Å². The minimum absolute atomic E-state index is 0.0779. The minimum atomic E-state index is -3.41. The molecule has 0 aliphatic rings. The number of anilines is 1. The van der Waals surface area contributed by atoms with Gasteiger partial charge in [-0.1, -0.05) is 42.0 Å². The van der Waals surface area contributed by atoms with Crippen LogP contribution in [-0.4, -0.2) is 27.1 Å². The lowest BCUT2D eigenvalue weighted by molar-refractivity contribution is -0.121. The summed E-state index contributed by atoms with van der Waals surface area (Å²) in [6.07, 6.45) is 1.94. The van der Waals surface area contributed by atoms with Crippen LogP contribution in [0.3, 0.4) is 0 Å². The van der Waals surface area contributed by atoms with Crippen LogP contribution in [0.25, 0.3) is 0 Å². The number of benzene rings is 2. The fourth-order valence-electron chi connectivity index (χ4n) is 2.95. The predicted molar refractivity (Wildman–Crippen MR) is 110 cm³/mol. The molecule has 0 fully saturated rings. The maximum Gasteiger partial charge on any atom is 0.232 e. The van der Waals surface area contributed by atoms with Crippen molar-refractivity contribution in [1.82, 2.24) is 5.32 Å². The van der Waals surface area contributed by atoms with E-state index in [-0.39, 0.29) is 18.9 Å². The van der Waals surface area contributed by atoms with Crippen LogP contribution in [0.5, 0.6) is 0 Å². The van der Waals surface area contributed by atoms with E-state index in [1.165, 1.54) is 10.6 Å². The van der Waals surface area contributed by atoms with Gasteiger partial charge in [0.25, 0.3) is 0 Å². The van der Waals surface area contributed by atoms with E-state index < -0.39 is 10.0 Å². The third-order valence-corrected chi connectivity index (χ3v) is 5.55. The van der Waals surface area contributed by atoms with Crippen molar-refractivity contribution >= 4 is 21.6 Å². The Morgan fingerprint density at radius 1 is 1.04 bits per heavy atom. The predicted octanol–water partition coefficient (Wildman–Crippen LogP) is 3.47. The largest absolute Gasteiger partial charge is 0.352 e. The Bertz CT molecular complexity index is 907. The van der Waals surface area contributed by atoms with Crippen molar-refractivity contribution in [3.8, 4) is 0 Å². The van der Waals surface area contributed by atoms with Crippen LogP contribution in [0.1, 0.15) is 35.1 Å². The van der Waals surface area contributed by atoms with Crippen molar-refractivity contribution in [2.24, 2.45) is 0 Å². The molecule has 0 bridgehead atoms. The van der Waals surface area contributed by atoms with Gasteiger partial charge in [0.05, 0.1) is 11.9 Å². The number of nitrogens with zero attached hydrogens (tertiary/aromatic N) is 1. The monoisotopic (exact) mass is 388 g/mol. The third kappa shape index (κ3) is 6.40. The zero-order valence-electron chi connectivity index (χ0n) is 16.5. The van der Waals surface area contributed by atoms with Gasteiger partial charge in [-0.3, -0.25) is 9.10 Å². The van der Waals surface area contributed by atoms with Gasteiger partial charge in [0, 0.05) is 19.5 Å². The summed E-state index contributed by atoms with van der Waals surface area (Å²) in [5.41, 5.74) is 4.78. The Morgan fingerprint density at radius 3 is 2.41 bits per heavy atom. The number of hydrogen-bond acceptors (Lipinski definition) is 3. The number of hydrogen-bond donors (Lipinski definition) is 1. The van der Waals surface area contributed by atoms with Crippen LogP contribution in [0.15, 0.2) is 42.5 Å². The van der Waals surface area contributed by atoms with Crippen molar-refractivity contribution in [3.63, 3.8) is 0 Å². The van der Waals surface area contributed by atoms with E-state index in [1.54, 1.807) is 0 Å². The van der Waals surface area contributed by atoms with Gasteiger partial charge >= 0.3 is 0 Å². The van der Waals surface area contributed by atoms with E-state index in [0.717, 1.165) is 22.3 Å². The quantitative estimate of drug-likeness (QED) is 0.753. The standard InChI is InChI=1S/C21H28N2O3S/c1-16-7-5-8-19(13-16)15-22-21(24)9-6-12-23(27(4,25)26)20-14-17(2)10-11-18(20)3/h5,7-8,10-11,13-14H,6,9,12,15H2,1-4H3,(H,22,24). The number of nitrogens with one attached hydrogen (secondary N) is 1. The number of sulfonamides is 1. The van der Waals surface area contributed by atoms with Crippen LogP contribution < -0.4 is 9.62 Å². The molecule has 0 radical (unpaired) electrons. The first-order valence-corrected chi connectivity index (χ1v) is 10.9. The lowest BCUT2D eigenvalue weighted by Gasteiger charge is -2.24. The molecule has 27 heavy (non-hydrogen) atoms. The fourth-order valence-corrected chi connectivity index (χ4v) is 3.96. The fraction of sp³-hybridized carbons (Fsp3) is 0.381. The van der Waals surface area contributed by atoms with Crippen LogP contribution in [-0.2, 0) is 21.4 Å². The SMILES string of the molecule is Cc1cccc(CNC(=O)CCCN(c2cc(C)ccc2C)S(C)(=O)=O)c1. The Morgan fingerprint density at radius 2 is 1.74 bits per heavy atom. The van der Waals surface area contributed by atoms with Gasteiger partial charge in [-0.05, 0) is 49.9 Å². The van der Waals surface area contributed by atoms with Crippen molar-refractivity contribution in [2.45, 2.75) is 40.2 Å². The average Bonchev–Trinajstić information content (AvgIpc) is 2.58. The van der Waals surface area contributed by atoms with Gasteiger partial charge < -0.3 is 5.32 Å². The van der Waals surface area contributed by atoms with Gasteiger partial charge in [0.1, 0.15) is 0 Å². The molecule has 0 aliphatic heterocycles. The Labute approximate surface area is 162 Å². The summed E-state index contributed by atoms with van der Waals surface area (Å²) >= 11 is 0. The number of carbonyl (C=O) groups excluding carboxylic acids is 1. The molecule has 2 aromatic carbocycles. The van der Waals surface area contributed by atoms with E-state index in [0.29, 0.717) is 18.7 Å². The lowest BCUT2D eigenvalue weighted by atomic mass is 10.1. The molecule has 6 heteroatoms. The Balaban J connectivity index is 1.94. The number of amides is 1. The van der Waals surface area contributed by atoms with Gasteiger partial charge in [-0.15, -0.1) is 0 Å². The molecule has 1 N–H and O–H groups in total. The molecule has 0 unspecified atom stereocenters. The maximum absolute atomic E-state index is 12.2. The summed E-state index contributed by atoms with van der Waals surface area (Å²) in [7, 11) is -3.41. The summed E-state index contributed by atoms with van der Waals surface area (Å²) in [4.78, 5) is 12.1. The normalized spacial score (nSPS) is 11.3. The van der Waals surface area contributed by atoms with E-state index >= 15 is 0 Å². The second-order valence-electron chi connectivity index (χ2n) is 6.99. The first-order chi connectivity index (χ1) is 12.7. The summed E-state index contributed by atoms with van der Waals surface area (Å²) in [6.45, 7) is 6.59. The molecular formula is C21H28N2O3S. The topological polar surface area (TPSA) is 66.5 Å². The lowest BCUT2D eigenvalue weighted by Crippen LogP contribution is -2.32.